The van der Waals surface area contributed by atoms with Gasteiger partial charge in [-0.2, -0.15) is 0 Å². The molecule has 0 rings (SSSR count). The molecule has 0 fully saturated rings. The Hall–Kier alpha value is -0.720. The van der Waals surface area contributed by atoms with Gasteiger partial charge in [0, 0.05) is 20.8 Å². The summed E-state index contributed by atoms with van der Waals surface area (Å²) < 4.78 is 9.92. The minimum Gasteiger partial charge on any atom is -0.393 e. The van der Waals surface area contributed by atoms with Crippen molar-refractivity contribution < 1.29 is 14.3 Å². The van der Waals surface area contributed by atoms with E-state index in [4.69, 9.17) is 15.2 Å². The van der Waals surface area contributed by atoms with E-state index in [1.165, 1.54) is 0 Å². The molecular weight excluding hydrogens is 204 g/mol. The lowest BCUT2D eigenvalue weighted by molar-refractivity contribution is -0.120. The molecular formula is C8H16N2O3S. The summed E-state index contributed by atoms with van der Waals surface area (Å²) >= 11 is 4.59. The first kappa shape index (κ1) is 13.3. The van der Waals surface area contributed by atoms with E-state index in [2.05, 4.69) is 17.5 Å². The van der Waals surface area contributed by atoms with Crippen LogP contribution in [0.3, 0.4) is 0 Å². The lowest BCUT2D eigenvalue weighted by Gasteiger charge is -2.14. The largest absolute Gasteiger partial charge is 0.393 e. The number of methoxy groups -OCH3 is 2. The molecule has 6 heteroatoms. The van der Waals surface area contributed by atoms with Gasteiger partial charge in [-0.1, -0.05) is 12.2 Å². The summed E-state index contributed by atoms with van der Waals surface area (Å²) in [5.41, 5.74) is 5.21. The highest BCUT2D eigenvalue weighted by molar-refractivity contribution is 7.80. The minimum absolute atomic E-state index is 0.0682. The maximum absolute atomic E-state index is 11.1. The number of nitrogens with one attached hydrogen (secondary N) is 1. The standard InChI is InChI=1S/C8H16N2O3S/c1-12-5-6(13-2)4-10-8(11)3-7(9)14/h6H,3-5H2,1-2H3,(H2,9,14)(H,10,11). The predicted octanol–water partition coefficient (Wildman–Crippen LogP) is -0.560. The second-order valence-corrected chi connectivity index (χ2v) is 3.28. The highest BCUT2D eigenvalue weighted by Crippen LogP contribution is 1.89. The van der Waals surface area contributed by atoms with Crippen molar-refractivity contribution in [3.8, 4) is 0 Å². The zero-order chi connectivity index (χ0) is 11.0. The van der Waals surface area contributed by atoms with Crippen LogP contribution in [0.25, 0.3) is 0 Å². The summed E-state index contributed by atoms with van der Waals surface area (Å²) in [6.45, 7) is 0.829. The third-order valence-electron chi connectivity index (χ3n) is 1.55. The molecule has 0 aliphatic carbocycles. The summed E-state index contributed by atoms with van der Waals surface area (Å²) in [5, 5.41) is 2.64. The quantitative estimate of drug-likeness (QED) is 0.563. The van der Waals surface area contributed by atoms with Crippen LogP contribution in [0.1, 0.15) is 6.42 Å². The third kappa shape index (κ3) is 6.76. The van der Waals surface area contributed by atoms with Gasteiger partial charge >= 0.3 is 0 Å². The number of hydrogen-bond acceptors (Lipinski definition) is 4. The smallest absolute Gasteiger partial charge is 0.226 e. The van der Waals surface area contributed by atoms with E-state index >= 15 is 0 Å². The van der Waals surface area contributed by atoms with E-state index in [9.17, 15) is 4.79 Å². The number of ether oxygens (including phenoxy) is 2. The van der Waals surface area contributed by atoms with Crippen LogP contribution in [0, 0.1) is 0 Å². The summed E-state index contributed by atoms with van der Waals surface area (Å²) in [5.74, 6) is -0.198. The Morgan fingerprint density at radius 1 is 1.57 bits per heavy atom. The van der Waals surface area contributed by atoms with Gasteiger partial charge in [-0.3, -0.25) is 4.79 Å². The van der Waals surface area contributed by atoms with Gasteiger partial charge in [-0.25, -0.2) is 0 Å². The SMILES string of the molecule is COCC(CNC(=O)CC(N)=S)OC. The van der Waals surface area contributed by atoms with E-state index in [0.29, 0.717) is 13.2 Å². The summed E-state index contributed by atoms with van der Waals surface area (Å²) in [4.78, 5) is 11.3. The van der Waals surface area contributed by atoms with Crippen molar-refractivity contribution >= 4 is 23.1 Å². The van der Waals surface area contributed by atoms with E-state index in [1.54, 1.807) is 14.2 Å². The Morgan fingerprint density at radius 3 is 2.64 bits per heavy atom. The monoisotopic (exact) mass is 220 g/mol. The first-order valence-corrected chi connectivity index (χ1v) is 4.57. The normalized spacial score (nSPS) is 12.1. The molecule has 0 aromatic rings. The fourth-order valence-corrected chi connectivity index (χ4v) is 0.976. The highest BCUT2D eigenvalue weighted by atomic mass is 32.1. The number of hydrogen-bond donors (Lipinski definition) is 2. The topological polar surface area (TPSA) is 73.6 Å². The molecule has 3 N–H and O–H groups in total. The van der Waals surface area contributed by atoms with Crippen molar-refractivity contribution in [3.63, 3.8) is 0 Å². The van der Waals surface area contributed by atoms with Crippen molar-refractivity contribution in [2.75, 3.05) is 27.4 Å². The predicted molar refractivity (Wildman–Crippen MR) is 57.1 cm³/mol. The molecule has 1 unspecified atom stereocenters. The molecule has 0 aliphatic heterocycles. The molecule has 0 aliphatic rings. The Labute approximate surface area is 88.9 Å². The molecule has 5 nitrogen and oxygen atoms in total. The van der Waals surface area contributed by atoms with Gasteiger partial charge < -0.3 is 20.5 Å². The maximum atomic E-state index is 11.1. The van der Waals surface area contributed by atoms with Crippen molar-refractivity contribution in [3.05, 3.63) is 0 Å². The molecule has 0 bridgehead atoms. The fraction of sp³-hybridized carbons (Fsp3) is 0.750. The molecule has 1 amide bonds. The van der Waals surface area contributed by atoms with Gasteiger partial charge in [0.05, 0.1) is 24.1 Å². The Kier molecular flexibility index (Phi) is 7.27. The Balaban J connectivity index is 3.67. The molecule has 82 valence electrons. The van der Waals surface area contributed by atoms with Gasteiger partial charge in [0.1, 0.15) is 0 Å². The van der Waals surface area contributed by atoms with Crippen LogP contribution in [-0.2, 0) is 14.3 Å². The van der Waals surface area contributed by atoms with Crippen molar-refractivity contribution in [2.24, 2.45) is 5.73 Å². The van der Waals surface area contributed by atoms with Crippen molar-refractivity contribution in [1.29, 1.82) is 0 Å². The van der Waals surface area contributed by atoms with E-state index in [-0.39, 0.29) is 23.4 Å². The third-order valence-corrected chi connectivity index (χ3v) is 1.69. The summed E-state index contributed by atoms with van der Waals surface area (Å²) in [7, 11) is 3.13. The van der Waals surface area contributed by atoms with Crippen LogP contribution in [0.15, 0.2) is 0 Å². The van der Waals surface area contributed by atoms with Gasteiger partial charge in [0.2, 0.25) is 5.91 Å². The lowest BCUT2D eigenvalue weighted by atomic mass is 10.3. The Morgan fingerprint density at radius 2 is 2.21 bits per heavy atom. The van der Waals surface area contributed by atoms with Gasteiger partial charge in [-0.05, 0) is 0 Å². The first-order valence-electron chi connectivity index (χ1n) is 4.16. The summed E-state index contributed by atoms with van der Waals surface area (Å²) in [6.07, 6.45) is -0.0750. The van der Waals surface area contributed by atoms with Crippen molar-refractivity contribution in [2.45, 2.75) is 12.5 Å². The van der Waals surface area contributed by atoms with Gasteiger partial charge in [0.25, 0.3) is 0 Å². The van der Waals surface area contributed by atoms with Crippen LogP contribution in [0.4, 0.5) is 0 Å². The van der Waals surface area contributed by atoms with E-state index < -0.39 is 0 Å². The van der Waals surface area contributed by atoms with Gasteiger partial charge in [0.15, 0.2) is 0 Å². The number of nitrogens with two attached hydrogens (primary N) is 1. The Bertz CT molecular complexity index is 199. The average Bonchev–Trinajstić information content (AvgIpc) is 2.11. The van der Waals surface area contributed by atoms with Crippen LogP contribution in [0.5, 0.6) is 0 Å². The molecule has 1 atom stereocenters. The molecule has 14 heavy (non-hydrogen) atoms. The lowest BCUT2D eigenvalue weighted by Crippen LogP contribution is -2.36. The van der Waals surface area contributed by atoms with E-state index in [1.807, 2.05) is 0 Å². The number of rotatable bonds is 7. The molecule has 0 radical (unpaired) electrons. The molecule has 0 saturated heterocycles. The van der Waals surface area contributed by atoms with Crippen LogP contribution < -0.4 is 11.1 Å². The number of amides is 1. The summed E-state index contributed by atoms with van der Waals surface area (Å²) in [6, 6.07) is 0. The number of carbonyl (C=O) groups is 1. The second-order valence-electron chi connectivity index (χ2n) is 2.76. The van der Waals surface area contributed by atoms with Crippen LogP contribution >= 0.6 is 12.2 Å². The molecule has 0 aromatic heterocycles. The number of carbonyl (C=O) groups excluding carboxylic acids is 1. The zero-order valence-electron chi connectivity index (χ0n) is 8.41. The zero-order valence-corrected chi connectivity index (χ0v) is 9.23. The minimum atomic E-state index is -0.198. The molecule has 0 aromatic carbocycles. The molecule has 0 spiro atoms. The molecule has 0 heterocycles. The van der Waals surface area contributed by atoms with Gasteiger partial charge in [-0.15, -0.1) is 0 Å². The maximum Gasteiger partial charge on any atom is 0.226 e. The van der Waals surface area contributed by atoms with Crippen molar-refractivity contribution in [1.82, 2.24) is 5.32 Å². The highest BCUT2D eigenvalue weighted by Gasteiger charge is 2.09. The fourth-order valence-electron chi connectivity index (χ4n) is 0.845. The number of thiocarbonyl (C=S) groups is 1. The average molecular weight is 220 g/mol. The van der Waals surface area contributed by atoms with E-state index in [0.717, 1.165) is 0 Å². The second kappa shape index (κ2) is 7.66. The van der Waals surface area contributed by atoms with Crippen LogP contribution in [0.2, 0.25) is 0 Å². The first-order chi connectivity index (χ1) is 6.60. The molecule has 0 saturated carbocycles. The van der Waals surface area contributed by atoms with Crippen LogP contribution in [-0.4, -0.2) is 44.4 Å².